The van der Waals surface area contributed by atoms with Gasteiger partial charge in [0.1, 0.15) is 6.07 Å². The zero-order valence-corrected chi connectivity index (χ0v) is 11.2. The number of amides is 2. The average molecular weight is 271 g/mol. The molecule has 0 aliphatic carbocycles. The lowest BCUT2D eigenvalue weighted by molar-refractivity contribution is 0.189. The second-order valence-electron chi connectivity index (χ2n) is 5.15. The molecule has 104 valence electrons. The predicted molar refractivity (Wildman–Crippen MR) is 74.3 cm³/mol. The van der Waals surface area contributed by atoms with Crippen LogP contribution in [0, 0.1) is 11.3 Å². The first-order valence-corrected chi connectivity index (χ1v) is 6.94. The lowest BCUT2D eigenvalue weighted by atomic mass is 10.0. The van der Waals surface area contributed by atoms with Crippen molar-refractivity contribution in [2.75, 3.05) is 31.1 Å². The van der Waals surface area contributed by atoms with Gasteiger partial charge in [-0.3, -0.25) is 0 Å². The highest BCUT2D eigenvalue weighted by molar-refractivity contribution is 5.76. The van der Waals surface area contributed by atoms with E-state index in [1.54, 1.807) is 6.20 Å². The number of hydrogen-bond donors (Lipinski definition) is 1. The monoisotopic (exact) mass is 271 g/mol. The highest BCUT2D eigenvalue weighted by Gasteiger charge is 2.31. The van der Waals surface area contributed by atoms with Gasteiger partial charge < -0.3 is 15.1 Å². The van der Waals surface area contributed by atoms with E-state index < -0.39 is 0 Å². The van der Waals surface area contributed by atoms with Crippen molar-refractivity contribution in [3.8, 4) is 6.07 Å². The van der Waals surface area contributed by atoms with Crippen molar-refractivity contribution in [1.29, 1.82) is 5.26 Å². The number of nitriles is 1. The summed E-state index contributed by atoms with van der Waals surface area (Å²) in [5.74, 6) is 0. The molecule has 1 aromatic heterocycles. The molecule has 6 nitrogen and oxygen atoms in total. The van der Waals surface area contributed by atoms with E-state index in [1.165, 1.54) is 0 Å². The number of nitrogens with one attached hydrogen (secondary N) is 1. The van der Waals surface area contributed by atoms with Crippen molar-refractivity contribution in [1.82, 2.24) is 15.2 Å². The van der Waals surface area contributed by atoms with Crippen LogP contribution in [0.5, 0.6) is 0 Å². The van der Waals surface area contributed by atoms with Gasteiger partial charge in [-0.2, -0.15) is 5.26 Å². The minimum Gasteiger partial charge on any atom is -0.367 e. The summed E-state index contributed by atoms with van der Waals surface area (Å²) in [6.07, 6.45) is 3.68. The number of anilines is 1. The van der Waals surface area contributed by atoms with E-state index in [4.69, 9.17) is 5.26 Å². The Hall–Kier alpha value is -2.29. The van der Waals surface area contributed by atoms with Crippen molar-refractivity contribution < 1.29 is 4.79 Å². The van der Waals surface area contributed by atoms with Crippen LogP contribution in [-0.2, 0) is 0 Å². The summed E-state index contributed by atoms with van der Waals surface area (Å²) in [5, 5.41) is 12.0. The summed E-state index contributed by atoms with van der Waals surface area (Å²) in [5.41, 5.74) is 1.33. The first kappa shape index (κ1) is 12.7. The number of piperidine rings is 1. The predicted octanol–water partition coefficient (Wildman–Crippen LogP) is 0.947. The average Bonchev–Trinajstić information content (AvgIpc) is 2.93. The number of urea groups is 1. The molecule has 2 saturated heterocycles. The Balaban J connectivity index is 1.78. The van der Waals surface area contributed by atoms with Gasteiger partial charge in [-0.15, -0.1) is 0 Å². The molecule has 0 aromatic carbocycles. The van der Waals surface area contributed by atoms with Crippen LogP contribution in [0.25, 0.3) is 0 Å². The zero-order chi connectivity index (χ0) is 13.9. The van der Waals surface area contributed by atoms with Crippen LogP contribution in [-0.4, -0.2) is 48.1 Å². The molecular weight excluding hydrogens is 254 g/mol. The summed E-state index contributed by atoms with van der Waals surface area (Å²) in [6.45, 7) is 3.18. The number of hydrogen-bond acceptors (Lipinski definition) is 4. The summed E-state index contributed by atoms with van der Waals surface area (Å²) in [6, 6.07) is 6.17. The maximum absolute atomic E-state index is 11.8. The van der Waals surface area contributed by atoms with Crippen LogP contribution in [0.1, 0.15) is 18.5 Å². The zero-order valence-electron chi connectivity index (χ0n) is 11.2. The van der Waals surface area contributed by atoms with Crippen molar-refractivity contribution >= 4 is 11.7 Å². The molecule has 3 heterocycles. The van der Waals surface area contributed by atoms with Gasteiger partial charge in [0, 0.05) is 32.4 Å². The fourth-order valence-corrected chi connectivity index (χ4v) is 3.00. The standard InChI is InChI=1S/C14H17N5O/c15-9-12-13(4-1-5-16-12)18-7-2-3-11(10-18)19-8-6-17-14(19)20/h1,4-5,11H,2-3,6-8,10H2,(H,17,20). The minimum atomic E-state index is 0.0311. The van der Waals surface area contributed by atoms with E-state index in [1.807, 2.05) is 17.0 Å². The number of carbonyl (C=O) groups is 1. The third-order valence-electron chi connectivity index (χ3n) is 3.96. The van der Waals surface area contributed by atoms with Crippen molar-refractivity contribution in [2.24, 2.45) is 0 Å². The summed E-state index contributed by atoms with van der Waals surface area (Å²) in [7, 11) is 0. The van der Waals surface area contributed by atoms with E-state index in [2.05, 4.69) is 21.3 Å². The Morgan fingerprint density at radius 1 is 1.45 bits per heavy atom. The molecule has 2 aliphatic heterocycles. The smallest absolute Gasteiger partial charge is 0.317 e. The molecule has 1 aromatic rings. The maximum Gasteiger partial charge on any atom is 0.317 e. The molecule has 6 heteroatoms. The normalized spacial score (nSPS) is 22.6. The molecular formula is C14H17N5O. The molecule has 0 spiro atoms. The first-order valence-electron chi connectivity index (χ1n) is 6.94. The highest BCUT2D eigenvalue weighted by atomic mass is 16.2. The SMILES string of the molecule is N#Cc1ncccc1N1CCCC(N2CCNC2=O)C1. The van der Waals surface area contributed by atoms with Crippen LogP contribution in [0.4, 0.5) is 10.5 Å². The Morgan fingerprint density at radius 3 is 3.10 bits per heavy atom. The van der Waals surface area contributed by atoms with Gasteiger partial charge in [-0.1, -0.05) is 0 Å². The number of aromatic nitrogens is 1. The van der Waals surface area contributed by atoms with E-state index in [0.717, 1.165) is 44.7 Å². The molecule has 1 unspecified atom stereocenters. The number of rotatable bonds is 2. The summed E-state index contributed by atoms with van der Waals surface area (Å²) < 4.78 is 0. The topological polar surface area (TPSA) is 72.3 Å². The third kappa shape index (κ3) is 2.27. The van der Waals surface area contributed by atoms with Gasteiger partial charge in [0.05, 0.1) is 11.7 Å². The quantitative estimate of drug-likeness (QED) is 0.869. The van der Waals surface area contributed by atoms with Gasteiger partial charge in [0.25, 0.3) is 0 Å². The number of nitrogens with zero attached hydrogens (tertiary/aromatic N) is 4. The molecule has 1 atom stereocenters. The lowest BCUT2D eigenvalue weighted by Crippen LogP contribution is -2.49. The maximum atomic E-state index is 11.8. The van der Waals surface area contributed by atoms with Crippen LogP contribution >= 0.6 is 0 Å². The van der Waals surface area contributed by atoms with Gasteiger partial charge in [0.2, 0.25) is 0 Å². The fourth-order valence-electron chi connectivity index (χ4n) is 3.00. The van der Waals surface area contributed by atoms with E-state index in [0.29, 0.717) is 5.69 Å². The van der Waals surface area contributed by atoms with E-state index in [9.17, 15) is 4.79 Å². The number of pyridine rings is 1. The largest absolute Gasteiger partial charge is 0.367 e. The molecule has 2 amide bonds. The highest BCUT2D eigenvalue weighted by Crippen LogP contribution is 2.24. The van der Waals surface area contributed by atoms with Crippen LogP contribution in [0.3, 0.4) is 0 Å². The van der Waals surface area contributed by atoms with Crippen molar-refractivity contribution in [2.45, 2.75) is 18.9 Å². The van der Waals surface area contributed by atoms with Gasteiger partial charge >= 0.3 is 6.03 Å². The molecule has 0 bridgehead atoms. The molecule has 2 fully saturated rings. The Kier molecular flexibility index (Phi) is 3.42. The number of carbonyl (C=O) groups excluding carboxylic acids is 1. The Labute approximate surface area is 118 Å². The minimum absolute atomic E-state index is 0.0311. The van der Waals surface area contributed by atoms with Gasteiger partial charge in [-0.25, -0.2) is 9.78 Å². The molecule has 1 N–H and O–H groups in total. The second-order valence-corrected chi connectivity index (χ2v) is 5.15. The first-order chi connectivity index (χ1) is 9.79. The summed E-state index contributed by atoms with van der Waals surface area (Å²) in [4.78, 5) is 20.0. The third-order valence-corrected chi connectivity index (χ3v) is 3.96. The van der Waals surface area contributed by atoms with Crippen molar-refractivity contribution in [3.63, 3.8) is 0 Å². The molecule has 0 radical (unpaired) electrons. The van der Waals surface area contributed by atoms with Gasteiger partial charge in [-0.05, 0) is 25.0 Å². The second kappa shape index (κ2) is 5.37. The molecule has 3 rings (SSSR count). The van der Waals surface area contributed by atoms with Gasteiger partial charge in [0.15, 0.2) is 5.69 Å². The molecule has 0 saturated carbocycles. The van der Waals surface area contributed by atoms with E-state index in [-0.39, 0.29) is 12.1 Å². The van der Waals surface area contributed by atoms with Crippen LogP contribution in [0.2, 0.25) is 0 Å². The summed E-state index contributed by atoms with van der Waals surface area (Å²) >= 11 is 0. The fraction of sp³-hybridized carbons (Fsp3) is 0.500. The molecule has 20 heavy (non-hydrogen) atoms. The van der Waals surface area contributed by atoms with Crippen molar-refractivity contribution in [3.05, 3.63) is 24.0 Å². The van der Waals surface area contributed by atoms with E-state index >= 15 is 0 Å². The Morgan fingerprint density at radius 2 is 2.35 bits per heavy atom. The molecule has 2 aliphatic rings. The van der Waals surface area contributed by atoms with Crippen LogP contribution in [0.15, 0.2) is 18.3 Å². The van der Waals surface area contributed by atoms with Crippen LogP contribution < -0.4 is 10.2 Å². The Bertz CT molecular complexity index is 553. The lowest BCUT2D eigenvalue weighted by Gasteiger charge is -2.38.